The molecule has 0 amide bonds. The van der Waals surface area contributed by atoms with Crippen molar-refractivity contribution >= 4 is 17.9 Å². The molecule has 0 bridgehead atoms. The Kier molecular flexibility index (Phi) is 6.61. The smallest absolute Gasteiger partial charge is 0.204 e. The van der Waals surface area contributed by atoms with E-state index in [9.17, 15) is 4.57 Å². The number of nitrogens with one attached hydrogen (secondary N) is 1. The molecule has 29 heavy (non-hydrogen) atoms. The molecule has 4 heteroatoms. The molecule has 1 saturated heterocycles. The van der Waals surface area contributed by atoms with Crippen LogP contribution in [0.15, 0.2) is 91.0 Å². The predicted molar refractivity (Wildman–Crippen MR) is 123 cm³/mol. The molecule has 3 nitrogen and oxygen atoms in total. The number of nitrogens with zero attached hydrogens (tertiary/aromatic N) is 1. The monoisotopic (exact) mass is 404 g/mol. The average Bonchev–Trinajstić information content (AvgIpc) is 3.28. The summed E-state index contributed by atoms with van der Waals surface area (Å²) in [4.78, 5) is 2.50. The Hall–Kier alpha value is -2.19. The van der Waals surface area contributed by atoms with Gasteiger partial charge in [-0.1, -0.05) is 66.7 Å². The van der Waals surface area contributed by atoms with Crippen molar-refractivity contribution in [1.29, 1.82) is 0 Å². The molecule has 1 aliphatic heterocycles. The molecule has 0 spiro atoms. The van der Waals surface area contributed by atoms with E-state index in [4.69, 9.17) is 0 Å². The number of likely N-dealkylation sites (tertiary alicyclic amines) is 1. The van der Waals surface area contributed by atoms with Gasteiger partial charge in [-0.15, -0.1) is 0 Å². The largest absolute Gasteiger partial charge is 0.302 e. The minimum Gasteiger partial charge on any atom is -0.302 e. The molecule has 1 unspecified atom stereocenters. The summed E-state index contributed by atoms with van der Waals surface area (Å²) in [7, 11) is -2.95. The SMILES string of the molecule is O=P(NC(Cc1ccccc1)CN1CCCC1)(c1ccccc1)c1ccccc1. The van der Waals surface area contributed by atoms with Crippen molar-refractivity contribution in [2.24, 2.45) is 0 Å². The van der Waals surface area contributed by atoms with Crippen LogP contribution in [0.5, 0.6) is 0 Å². The van der Waals surface area contributed by atoms with Gasteiger partial charge in [0.1, 0.15) is 0 Å². The summed E-state index contributed by atoms with van der Waals surface area (Å²) in [5, 5.41) is 5.39. The Balaban J connectivity index is 1.66. The summed E-state index contributed by atoms with van der Waals surface area (Å²) in [6.45, 7) is 3.18. The van der Waals surface area contributed by atoms with Gasteiger partial charge in [-0.25, -0.2) is 0 Å². The zero-order chi connectivity index (χ0) is 19.9. The highest BCUT2D eigenvalue weighted by atomic mass is 31.2. The van der Waals surface area contributed by atoms with Crippen molar-refractivity contribution in [2.45, 2.75) is 25.3 Å². The molecule has 0 aromatic heterocycles. The lowest BCUT2D eigenvalue weighted by atomic mass is 10.1. The van der Waals surface area contributed by atoms with Crippen LogP contribution in [0.3, 0.4) is 0 Å². The summed E-state index contributed by atoms with van der Waals surface area (Å²) in [6, 6.07) is 30.4. The molecule has 1 atom stereocenters. The molecule has 150 valence electrons. The summed E-state index contributed by atoms with van der Waals surface area (Å²) >= 11 is 0. The summed E-state index contributed by atoms with van der Waals surface area (Å²) in [6.07, 6.45) is 3.38. The van der Waals surface area contributed by atoms with Crippen molar-refractivity contribution in [1.82, 2.24) is 9.99 Å². The minimum atomic E-state index is -2.95. The van der Waals surface area contributed by atoms with Crippen molar-refractivity contribution < 1.29 is 4.57 Å². The second kappa shape index (κ2) is 9.54. The van der Waals surface area contributed by atoms with Crippen molar-refractivity contribution in [3.8, 4) is 0 Å². The molecule has 0 saturated carbocycles. The van der Waals surface area contributed by atoms with Crippen molar-refractivity contribution in [3.05, 3.63) is 96.6 Å². The molecule has 1 fully saturated rings. The third-order valence-corrected chi connectivity index (χ3v) is 8.39. The van der Waals surface area contributed by atoms with Crippen LogP contribution < -0.4 is 15.7 Å². The first-order valence-corrected chi connectivity index (χ1v) is 12.2. The van der Waals surface area contributed by atoms with Crippen LogP contribution in [0, 0.1) is 0 Å². The van der Waals surface area contributed by atoms with E-state index >= 15 is 0 Å². The first-order chi connectivity index (χ1) is 14.2. The molecule has 3 aromatic carbocycles. The van der Waals surface area contributed by atoms with Crippen LogP contribution in [0.2, 0.25) is 0 Å². The zero-order valence-electron chi connectivity index (χ0n) is 16.8. The van der Waals surface area contributed by atoms with Gasteiger partial charge < -0.3 is 4.90 Å². The van der Waals surface area contributed by atoms with Gasteiger partial charge in [0.05, 0.1) is 0 Å². The van der Waals surface area contributed by atoms with E-state index in [0.29, 0.717) is 0 Å². The fraction of sp³-hybridized carbons (Fsp3) is 0.280. The Morgan fingerprint density at radius 3 is 1.76 bits per heavy atom. The Morgan fingerprint density at radius 2 is 1.24 bits per heavy atom. The lowest BCUT2D eigenvalue weighted by molar-refractivity contribution is 0.304. The fourth-order valence-corrected chi connectivity index (χ4v) is 6.63. The predicted octanol–water partition coefficient (Wildman–Crippen LogP) is 4.21. The maximum absolute atomic E-state index is 14.5. The average molecular weight is 404 g/mol. The van der Waals surface area contributed by atoms with E-state index in [1.807, 2.05) is 66.7 Å². The van der Waals surface area contributed by atoms with Gasteiger partial charge in [0.25, 0.3) is 0 Å². The highest BCUT2D eigenvalue weighted by Crippen LogP contribution is 2.39. The quantitative estimate of drug-likeness (QED) is 0.571. The highest BCUT2D eigenvalue weighted by molar-refractivity contribution is 7.76. The van der Waals surface area contributed by atoms with E-state index in [0.717, 1.165) is 36.7 Å². The highest BCUT2D eigenvalue weighted by Gasteiger charge is 2.31. The van der Waals surface area contributed by atoms with E-state index in [1.165, 1.54) is 18.4 Å². The molecular weight excluding hydrogens is 375 g/mol. The first kappa shape index (κ1) is 20.1. The van der Waals surface area contributed by atoms with E-state index in [2.05, 4.69) is 34.3 Å². The molecule has 1 aliphatic rings. The second-order valence-corrected chi connectivity index (χ2v) is 10.3. The van der Waals surface area contributed by atoms with Gasteiger partial charge in [-0.2, -0.15) is 0 Å². The lowest BCUT2D eigenvalue weighted by Crippen LogP contribution is -2.43. The minimum absolute atomic E-state index is 0.113. The molecule has 0 aliphatic carbocycles. The maximum Gasteiger partial charge on any atom is 0.204 e. The van der Waals surface area contributed by atoms with Crippen molar-refractivity contribution in [2.75, 3.05) is 19.6 Å². The standard InChI is InChI=1S/C25H29N2OP/c28-29(24-14-6-2-7-15-24,25-16-8-3-9-17-25)26-23(21-27-18-10-11-19-27)20-22-12-4-1-5-13-22/h1-9,12-17,23H,10-11,18-21H2,(H,26,28). The van der Waals surface area contributed by atoms with E-state index in [1.54, 1.807) is 0 Å². The van der Waals surface area contributed by atoms with Crippen LogP contribution in [0.1, 0.15) is 18.4 Å². The summed E-state index contributed by atoms with van der Waals surface area (Å²) < 4.78 is 14.5. The topological polar surface area (TPSA) is 32.3 Å². The van der Waals surface area contributed by atoms with Crippen molar-refractivity contribution in [3.63, 3.8) is 0 Å². The normalized spacial score (nSPS) is 16.0. The third-order valence-electron chi connectivity index (χ3n) is 5.61. The van der Waals surface area contributed by atoms with E-state index in [-0.39, 0.29) is 6.04 Å². The lowest BCUT2D eigenvalue weighted by Gasteiger charge is -2.30. The van der Waals surface area contributed by atoms with Crippen LogP contribution in [-0.2, 0) is 11.0 Å². The molecular formula is C25H29N2OP. The Labute approximate surface area is 174 Å². The van der Waals surface area contributed by atoms with Gasteiger partial charge in [0.2, 0.25) is 7.29 Å². The summed E-state index contributed by atoms with van der Waals surface area (Å²) in [5.41, 5.74) is 1.27. The maximum atomic E-state index is 14.5. The molecule has 3 aromatic rings. The third kappa shape index (κ3) is 5.05. The molecule has 1 N–H and O–H groups in total. The van der Waals surface area contributed by atoms with Crippen LogP contribution in [0.4, 0.5) is 0 Å². The van der Waals surface area contributed by atoms with Crippen LogP contribution >= 0.6 is 7.29 Å². The number of hydrogen-bond acceptors (Lipinski definition) is 2. The van der Waals surface area contributed by atoms with Gasteiger partial charge in [0, 0.05) is 23.2 Å². The Morgan fingerprint density at radius 1 is 0.759 bits per heavy atom. The van der Waals surface area contributed by atoms with Gasteiger partial charge in [-0.05, 0) is 62.2 Å². The Bertz CT molecular complexity index is 881. The number of hydrogen-bond donors (Lipinski definition) is 1. The molecule has 1 heterocycles. The summed E-state index contributed by atoms with van der Waals surface area (Å²) in [5.74, 6) is 0. The van der Waals surface area contributed by atoms with E-state index < -0.39 is 7.29 Å². The van der Waals surface area contributed by atoms with Gasteiger partial charge >= 0.3 is 0 Å². The first-order valence-electron chi connectivity index (χ1n) is 10.5. The number of rotatable bonds is 8. The fourth-order valence-electron chi connectivity index (χ4n) is 4.16. The second-order valence-electron chi connectivity index (χ2n) is 7.80. The molecule has 4 rings (SSSR count). The van der Waals surface area contributed by atoms with Gasteiger partial charge in [-0.3, -0.25) is 9.65 Å². The zero-order valence-corrected chi connectivity index (χ0v) is 17.7. The molecule has 0 radical (unpaired) electrons. The van der Waals surface area contributed by atoms with Gasteiger partial charge in [0.15, 0.2) is 0 Å². The van der Waals surface area contributed by atoms with Crippen LogP contribution in [0.25, 0.3) is 0 Å². The number of benzene rings is 3. The van der Waals surface area contributed by atoms with Crippen LogP contribution in [-0.4, -0.2) is 30.6 Å².